The Balaban J connectivity index is 1.50. The molecule has 1 saturated carbocycles. The first-order chi connectivity index (χ1) is 12.7. The molecule has 2 N–H and O–H groups in total. The molecule has 6 nitrogen and oxygen atoms in total. The van der Waals surface area contributed by atoms with E-state index in [2.05, 4.69) is 10.9 Å². The van der Waals surface area contributed by atoms with Crippen molar-refractivity contribution in [2.75, 3.05) is 13.2 Å². The summed E-state index contributed by atoms with van der Waals surface area (Å²) in [5, 5.41) is 0. The van der Waals surface area contributed by atoms with Gasteiger partial charge >= 0.3 is 0 Å². The summed E-state index contributed by atoms with van der Waals surface area (Å²) >= 11 is 0. The van der Waals surface area contributed by atoms with E-state index in [0.717, 1.165) is 18.4 Å². The molecule has 1 fully saturated rings. The van der Waals surface area contributed by atoms with Crippen LogP contribution in [0.5, 0.6) is 11.5 Å². The van der Waals surface area contributed by atoms with Gasteiger partial charge < -0.3 is 9.47 Å². The SMILES string of the molecule is CCOc1ccccc1OCC(=O)NNC(=O)C1(c2ccccc2)CC1. The van der Waals surface area contributed by atoms with Gasteiger partial charge in [0.1, 0.15) is 0 Å². The van der Waals surface area contributed by atoms with Crippen LogP contribution in [-0.2, 0) is 15.0 Å². The van der Waals surface area contributed by atoms with Crippen LogP contribution in [0.2, 0.25) is 0 Å². The minimum atomic E-state index is -0.531. The van der Waals surface area contributed by atoms with Crippen molar-refractivity contribution in [2.24, 2.45) is 0 Å². The Morgan fingerprint density at radius 3 is 2.15 bits per heavy atom. The molecule has 0 aliphatic heterocycles. The number of ether oxygens (including phenoxy) is 2. The van der Waals surface area contributed by atoms with Gasteiger partial charge in [-0.15, -0.1) is 0 Å². The number of hydrogen-bond acceptors (Lipinski definition) is 4. The number of carbonyl (C=O) groups excluding carboxylic acids is 2. The van der Waals surface area contributed by atoms with Gasteiger partial charge in [0.15, 0.2) is 18.1 Å². The van der Waals surface area contributed by atoms with E-state index >= 15 is 0 Å². The molecular formula is C20H22N2O4. The standard InChI is InChI=1S/C20H22N2O4/c1-2-25-16-10-6-7-11-17(16)26-14-18(23)21-22-19(24)20(12-13-20)15-8-4-3-5-9-15/h3-11H,2,12-14H2,1H3,(H,21,23)(H,22,24). The third-order valence-corrected chi connectivity index (χ3v) is 4.33. The maximum Gasteiger partial charge on any atom is 0.276 e. The van der Waals surface area contributed by atoms with Crippen molar-refractivity contribution in [3.8, 4) is 11.5 Å². The molecule has 1 aliphatic rings. The fraction of sp³-hybridized carbons (Fsp3) is 0.300. The summed E-state index contributed by atoms with van der Waals surface area (Å²) in [6.07, 6.45) is 1.55. The Morgan fingerprint density at radius 2 is 1.54 bits per heavy atom. The van der Waals surface area contributed by atoms with Crippen molar-refractivity contribution >= 4 is 11.8 Å². The average molecular weight is 354 g/mol. The molecule has 0 saturated heterocycles. The van der Waals surface area contributed by atoms with Crippen LogP contribution in [0.3, 0.4) is 0 Å². The van der Waals surface area contributed by atoms with Gasteiger partial charge in [-0.2, -0.15) is 0 Å². The Labute approximate surface area is 152 Å². The van der Waals surface area contributed by atoms with E-state index in [1.54, 1.807) is 18.2 Å². The van der Waals surface area contributed by atoms with Crippen LogP contribution in [0.4, 0.5) is 0 Å². The fourth-order valence-electron chi connectivity index (χ4n) is 2.80. The average Bonchev–Trinajstić information content (AvgIpc) is 3.48. The molecule has 2 aromatic carbocycles. The molecule has 0 radical (unpaired) electrons. The maximum atomic E-state index is 12.5. The van der Waals surface area contributed by atoms with Crippen LogP contribution in [0.1, 0.15) is 25.3 Å². The van der Waals surface area contributed by atoms with Crippen molar-refractivity contribution in [3.63, 3.8) is 0 Å². The van der Waals surface area contributed by atoms with Crippen molar-refractivity contribution < 1.29 is 19.1 Å². The lowest BCUT2D eigenvalue weighted by molar-refractivity contribution is -0.131. The van der Waals surface area contributed by atoms with E-state index in [-0.39, 0.29) is 12.5 Å². The molecule has 0 heterocycles. The highest BCUT2D eigenvalue weighted by Gasteiger charge is 2.51. The van der Waals surface area contributed by atoms with Crippen molar-refractivity contribution in [2.45, 2.75) is 25.2 Å². The number of hydrogen-bond donors (Lipinski definition) is 2. The second-order valence-electron chi connectivity index (χ2n) is 6.12. The third-order valence-electron chi connectivity index (χ3n) is 4.33. The summed E-state index contributed by atoms with van der Waals surface area (Å²) in [4.78, 5) is 24.4. The van der Waals surface area contributed by atoms with Crippen molar-refractivity contribution in [3.05, 3.63) is 60.2 Å². The van der Waals surface area contributed by atoms with E-state index in [9.17, 15) is 9.59 Å². The van der Waals surface area contributed by atoms with Crippen molar-refractivity contribution in [1.82, 2.24) is 10.9 Å². The molecule has 2 aromatic rings. The van der Waals surface area contributed by atoms with Crippen LogP contribution in [-0.4, -0.2) is 25.0 Å². The summed E-state index contributed by atoms with van der Waals surface area (Å²) < 4.78 is 10.9. The highest BCUT2D eigenvalue weighted by Crippen LogP contribution is 2.48. The zero-order chi connectivity index (χ0) is 18.4. The van der Waals surface area contributed by atoms with Gasteiger partial charge in [-0.3, -0.25) is 20.4 Å². The lowest BCUT2D eigenvalue weighted by Gasteiger charge is -2.16. The predicted octanol–water partition coefficient (Wildman–Crippen LogP) is 2.34. The van der Waals surface area contributed by atoms with Gasteiger partial charge in [0.05, 0.1) is 12.0 Å². The molecule has 0 unspecified atom stereocenters. The Hall–Kier alpha value is -3.02. The van der Waals surface area contributed by atoms with E-state index in [1.165, 1.54) is 0 Å². The Bertz CT molecular complexity index is 772. The molecule has 0 spiro atoms. The van der Waals surface area contributed by atoms with Gasteiger partial charge in [-0.25, -0.2) is 0 Å². The molecule has 1 aliphatic carbocycles. The zero-order valence-corrected chi connectivity index (χ0v) is 14.7. The summed E-state index contributed by atoms with van der Waals surface area (Å²) in [5.74, 6) is 0.423. The number of benzene rings is 2. The summed E-state index contributed by atoms with van der Waals surface area (Å²) in [5.41, 5.74) is 5.36. The zero-order valence-electron chi connectivity index (χ0n) is 14.7. The fourth-order valence-corrected chi connectivity index (χ4v) is 2.80. The van der Waals surface area contributed by atoms with Crippen molar-refractivity contribution in [1.29, 1.82) is 0 Å². The number of amides is 2. The first-order valence-corrected chi connectivity index (χ1v) is 8.65. The minimum absolute atomic E-state index is 0.202. The van der Waals surface area contributed by atoms with Gasteiger partial charge in [0.2, 0.25) is 5.91 Å². The number of carbonyl (C=O) groups is 2. The van der Waals surface area contributed by atoms with E-state index in [1.807, 2.05) is 43.3 Å². The summed E-state index contributed by atoms with van der Waals surface area (Å²) in [6, 6.07) is 16.7. The lowest BCUT2D eigenvalue weighted by Crippen LogP contribution is -2.48. The van der Waals surface area contributed by atoms with Crippen LogP contribution in [0.15, 0.2) is 54.6 Å². The molecular weight excluding hydrogens is 332 g/mol. The molecule has 26 heavy (non-hydrogen) atoms. The van der Waals surface area contributed by atoms with E-state index in [0.29, 0.717) is 18.1 Å². The van der Waals surface area contributed by atoms with E-state index < -0.39 is 11.3 Å². The maximum absolute atomic E-state index is 12.5. The molecule has 0 atom stereocenters. The van der Waals surface area contributed by atoms with Crippen LogP contribution >= 0.6 is 0 Å². The largest absolute Gasteiger partial charge is 0.490 e. The third kappa shape index (κ3) is 3.96. The molecule has 0 bridgehead atoms. The number of hydrazine groups is 1. The molecule has 2 amide bonds. The highest BCUT2D eigenvalue weighted by molar-refractivity contribution is 5.92. The van der Waals surface area contributed by atoms with Crippen LogP contribution in [0, 0.1) is 0 Å². The van der Waals surface area contributed by atoms with Crippen LogP contribution in [0.25, 0.3) is 0 Å². The summed E-state index contributed by atoms with van der Waals surface area (Å²) in [6.45, 7) is 2.16. The van der Waals surface area contributed by atoms with Gasteiger partial charge in [-0.1, -0.05) is 42.5 Å². The molecule has 0 aromatic heterocycles. The normalized spacial score (nSPS) is 14.2. The van der Waals surface area contributed by atoms with Crippen LogP contribution < -0.4 is 20.3 Å². The van der Waals surface area contributed by atoms with Gasteiger partial charge in [-0.05, 0) is 37.5 Å². The Morgan fingerprint density at radius 1 is 0.923 bits per heavy atom. The lowest BCUT2D eigenvalue weighted by atomic mass is 9.95. The number of nitrogens with one attached hydrogen (secondary N) is 2. The Kier molecular flexibility index (Phi) is 5.41. The first kappa shape index (κ1) is 17.8. The second-order valence-corrected chi connectivity index (χ2v) is 6.12. The molecule has 6 heteroatoms. The molecule has 3 rings (SSSR count). The number of para-hydroxylation sites is 2. The molecule has 136 valence electrons. The quantitative estimate of drug-likeness (QED) is 0.749. The van der Waals surface area contributed by atoms with Gasteiger partial charge in [0.25, 0.3) is 5.91 Å². The monoisotopic (exact) mass is 354 g/mol. The van der Waals surface area contributed by atoms with E-state index in [4.69, 9.17) is 9.47 Å². The topological polar surface area (TPSA) is 76.7 Å². The minimum Gasteiger partial charge on any atom is -0.490 e. The smallest absolute Gasteiger partial charge is 0.276 e. The first-order valence-electron chi connectivity index (χ1n) is 8.65. The summed E-state index contributed by atoms with van der Waals surface area (Å²) in [7, 11) is 0. The second kappa shape index (κ2) is 7.91. The van der Waals surface area contributed by atoms with Gasteiger partial charge in [0, 0.05) is 0 Å². The number of rotatable bonds is 7. The highest BCUT2D eigenvalue weighted by atomic mass is 16.5. The predicted molar refractivity (Wildman–Crippen MR) is 96.7 cm³/mol.